The molecule has 0 aliphatic heterocycles. The first-order valence-electron chi connectivity index (χ1n) is 5.68. The number of halogens is 1. The van der Waals surface area contributed by atoms with E-state index >= 15 is 0 Å². The molecule has 0 unspecified atom stereocenters. The molecule has 0 amide bonds. The highest BCUT2D eigenvalue weighted by atomic mass is 19.1. The van der Waals surface area contributed by atoms with Crippen LogP contribution in [0.25, 0.3) is 0 Å². The van der Waals surface area contributed by atoms with Crippen molar-refractivity contribution in [2.45, 2.75) is 19.9 Å². The van der Waals surface area contributed by atoms with Gasteiger partial charge in [-0.3, -0.25) is 9.69 Å². The third kappa shape index (κ3) is 4.24. The van der Waals surface area contributed by atoms with Gasteiger partial charge in [0.2, 0.25) is 0 Å². The average molecular weight is 239 g/mol. The van der Waals surface area contributed by atoms with Crippen LogP contribution in [0.1, 0.15) is 24.2 Å². The second-order valence-electron chi connectivity index (χ2n) is 4.22. The summed E-state index contributed by atoms with van der Waals surface area (Å²) >= 11 is 0. The number of hydrogen-bond donors (Lipinski definition) is 1. The molecule has 0 aliphatic carbocycles. The Kier molecular flexibility index (Phi) is 5.25. The minimum Gasteiger partial charge on any atom is -0.395 e. The van der Waals surface area contributed by atoms with E-state index < -0.39 is 0 Å². The molecule has 0 fully saturated rings. The number of hydrogen-bond acceptors (Lipinski definition) is 3. The van der Waals surface area contributed by atoms with Gasteiger partial charge in [-0.15, -0.1) is 0 Å². The highest BCUT2D eigenvalue weighted by Crippen LogP contribution is 2.06. The summed E-state index contributed by atoms with van der Waals surface area (Å²) in [5.74, 6) is -0.412. The third-order valence-corrected chi connectivity index (χ3v) is 2.63. The van der Waals surface area contributed by atoms with Gasteiger partial charge >= 0.3 is 0 Å². The summed E-state index contributed by atoms with van der Waals surface area (Å²) in [6.45, 7) is 4.66. The molecule has 1 aromatic rings. The maximum Gasteiger partial charge on any atom is 0.176 e. The monoisotopic (exact) mass is 239 g/mol. The van der Waals surface area contributed by atoms with E-state index in [0.717, 1.165) is 0 Å². The van der Waals surface area contributed by atoms with Crippen LogP contribution in [-0.4, -0.2) is 41.5 Å². The van der Waals surface area contributed by atoms with Crippen LogP contribution in [0.2, 0.25) is 0 Å². The molecule has 94 valence electrons. The highest BCUT2D eigenvalue weighted by Gasteiger charge is 2.14. The fraction of sp³-hybridized carbons (Fsp3) is 0.462. The molecule has 1 aromatic carbocycles. The van der Waals surface area contributed by atoms with Gasteiger partial charge in [-0.2, -0.15) is 0 Å². The number of carbonyl (C=O) groups excluding carboxylic acids is 1. The number of benzene rings is 1. The number of ketones is 1. The van der Waals surface area contributed by atoms with Gasteiger partial charge in [-0.25, -0.2) is 4.39 Å². The van der Waals surface area contributed by atoms with E-state index in [1.54, 1.807) is 0 Å². The molecule has 3 nitrogen and oxygen atoms in total. The predicted molar refractivity (Wildman–Crippen MR) is 64.5 cm³/mol. The first-order chi connectivity index (χ1) is 8.04. The van der Waals surface area contributed by atoms with E-state index in [1.165, 1.54) is 24.3 Å². The number of aliphatic hydroxyl groups is 1. The normalized spacial score (nSPS) is 11.2. The highest BCUT2D eigenvalue weighted by molar-refractivity contribution is 5.97. The molecule has 17 heavy (non-hydrogen) atoms. The Morgan fingerprint density at radius 2 is 1.94 bits per heavy atom. The number of nitrogens with zero attached hydrogens (tertiary/aromatic N) is 1. The minimum absolute atomic E-state index is 0.0227. The molecule has 4 heteroatoms. The summed E-state index contributed by atoms with van der Waals surface area (Å²) in [4.78, 5) is 13.8. The fourth-order valence-corrected chi connectivity index (χ4v) is 1.56. The molecular formula is C13H18FNO2. The molecule has 0 saturated carbocycles. The number of aliphatic hydroxyl groups excluding tert-OH is 1. The molecule has 1 N–H and O–H groups in total. The van der Waals surface area contributed by atoms with Crippen LogP contribution >= 0.6 is 0 Å². The van der Waals surface area contributed by atoms with Crippen LogP contribution in [0.4, 0.5) is 4.39 Å². The van der Waals surface area contributed by atoms with Gasteiger partial charge in [0.1, 0.15) is 5.82 Å². The molecule has 0 aromatic heterocycles. The Morgan fingerprint density at radius 1 is 1.35 bits per heavy atom. The van der Waals surface area contributed by atoms with Crippen molar-refractivity contribution in [1.82, 2.24) is 4.90 Å². The van der Waals surface area contributed by atoms with Gasteiger partial charge in [-0.1, -0.05) is 0 Å². The van der Waals surface area contributed by atoms with E-state index in [9.17, 15) is 9.18 Å². The molecule has 0 saturated heterocycles. The number of rotatable bonds is 6. The molecular weight excluding hydrogens is 221 g/mol. The van der Waals surface area contributed by atoms with E-state index in [2.05, 4.69) is 0 Å². The molecule has 0 spiro atoms. The van der Waals surface area contributed by atoms with Crippen molar-refractivity contribution in [1.29, 1.82) is 0 Å². The largest absolute Gasteiger partial charge is 0.395 e. The van der Waals surface area contributed by atoms with Gasteiger partial charge < -0.3 is 5.11 Å². The first kappa shape index (κ1) is 13.8. The Hall–Kier alpha value is -1.26. The van der Waals surface area contributed by atoms with Crippen molar-refractivity contribution in [2.24, 2.45) is 0 Å². The van der Waals surface area contributed by atoms with Crippen molar-refractivity contribution in [2.75, 3.05) is 19.7 Å². The second kappa shape index (κ2) is 6.47. The molecule has 0 atom stereocenters. The van der Waals surface area contributed by atoms with Crippen molar-refractivity contribution in [3.05, 3.63) is 35.6 Å². The Bertz CT molecular complexity index is 362. The molecule has 0 radical (unpaired) electrons. The maximum atomic E-state index is 12.7. The first-order valence-corrected chi connectivity index (χ1v) is 5.68. The zero-order chi connectivity index (χ0) is 12.8. The summed E-state index contributed by atoms with van der Waals surface area (Å²) in [5.41, 5.74) is 0.495. The second-order valence-corrected chi connectivity index (χ2v) is 4.22. The van der Waals surface area contributed by atoms with Crippen LogP contribution in [0, 0.1) is 5.82 Å². The topological polar surface area (TPSA) is 40.5 Å². The summed E-state index contributed by atoms with van der Waals surface area (Å²) in [7, 11) is 0. The lowest BCUT2D eigenvalue weighted by Crippen LogP contribution is -2.37. The van der Waals surface area contributed by atoms with E-state index in [1.807, 2.05) is 18.7 Å². The van der Waals surface area contributed by atoms with Crippen LogP contribution in [0.5, 0.6) is 0 Å². The van der Waals surface area contributed by atoms with Crippen LogP contribution in [-0.2, 0) is 0 Å². The molecule has 0 bridgehead atoms. The van der Waals surface area contributed by atoms with Crippen molar-refractivity contribution in [3.8, 4) is 0 Å². The quantitative estimate of drug-likeness (QED) is 0.768. The third-order valence-electron chi connectivity index (χ3n) is 2.63. The Morgan fingerprint density at radius 3 is 2.41 bits per heavy atom. The van der Waals surface area contributed by atoms with Gasteiger partial charge in [0.05, 0.1) is 13.2 Å². The number of carbonyl (C=O) groups is 1. The van der Waals surface area contributed by atoms with Gasteiger partial charge in [0, 0.05) is 18.2 Å². The standard InChI is InChI=1S/C13H18FNO2/c1-10(2)15(7-8-16)9-13(17)11-3-5-12(14)6-4-11/h3-6,10,16H,7-9H2,1-2H3. The van der Waals surface area contributed by atoms with E-state index in [0.29, 0.717) is 12.1 Å². The van der Waals surface area contributed by atoms with E-state index in [4.69, 9.17) is 5.11 Å². The smallest absolute Gasteiger partial charge is 0.176 e. The van der Waals surface area contributed by atoms with Gasteiger partial charge in [0.15, 0.2) is 5.78 Å². The Labute approximate surface area is 101 Å². The van der Waals surface area contributed by atoms with Crippen LogP contribution in [0.3, 0.4) is 0 Å². The lowest BCUT2D eigenvalue weighted by molar-refractivity contribution is 0.0881. The molecule has 0 heterocycles. The van der Waals surface area contributed by atoms with E-state index in [-0.39, 0.29) is 30.8 Å². The zero-order valence-electron chi connectivity index (χ0n) is 10.2. The molecule has 0 aliphatic rings. The van der Waals surface area contributed by atoms with Crippen LogP contribution < -0.4 is 0 Å². The summed E-state index contributed by atoms with van der Waals surface area (Å²) < 4.78 is 12.7. The lowest BCUT2D eigenvalue weighted by atomic mass is 10.1. The SMILES string of the molecule is CC(C)N(CCO)CC(=O)c1ccc(F)cc1. The summed E-state index contributed by atoms with van der Waals surface area (Å²) in [5, 5.41) is 8.90. The summed E-state index contributed by atoms with van der Waals surface area (Å²) in [6, 6.07) is 5.70. The van der Waals surface area contributed by atoms with Crippen molar-refractivity contribution >= 4 is 5.78 Å². The maximum absolute atomic E-state index is 12.7. The van der Waals surface area contributed by atoms with Crippen molar-refractivity contribution in [3.63, 3.8) is 0 Å². The average Bonchev–Trinajstić information content (AvgIpc) is 2.29. The lowest BCUT2D eigenvalue weighted by Gasteiger charge is -2.24. The van der Waals surface area contributed by atoms with Crippen molar-refractivity contribution < 1.29 is 14.3 Å². The molecule has 1 rings (SSSR count). The summed E-state index contributed by atoms with van der Waals surface area (Å²) in [6.07, 6.45) is 0. The zero-order valence-corrected chi connectivity index (χ0v) is 10.2. The fourth-order valence-electron chi connectivity index (χ4n) is 1.56. The minimum atomic E-state index is -0.349. The van der Waals surface area contributed by atoms with Gasteiger partial charge in [0.25, 0.3) is 0 Å². The predicted octanol–water partition coefficient (Wildman–Crippen LogP) is 1.71. The van der Waals surface area contributed by atoms with Gasteiger partial charge in [-0.05, 0) is 38.1 Å². The van der Waals surface area contributed by atoms with Crippen LogP contribution in [0.15, 0.2) is 24.3 Å². The Balaban J connectivity index is 2.66. The number of Topliss-reactive ketones (excluding diaryl/α,β-unsaturated/α-hetero) is 1.